The summed E-state index contributed by atoms with van der Waals surface area (Å²) in [6.07, 6.45) is -0.791. The summed E-state index contributed by atoms with van der Waals surface area (Å²) in [7, 11) is 0. The molecule has 1 N–H and O–H groups in total. The Kier molecular flexibility index (Phi) is 5.87. The maximum atomic E-state index is 14.7. The monoisotopic (exact) mass is 487 g/mol. The molecule has 0 spiro atoms. The lowest BCUT2D eigenvalue weighted by Gasteiger charge is -2.15. The molecule has 4 aromatic rings. The molecule has 1 aliphatic heterocycles. The number of ether oxygens (including phenoxy) is 1. The molecular weight excluding hydrogens is 466 g/mol. The molecule has 0 radical (unpaired) electrons. The van der Waals surface area contributed by atoms with E-state index >= 15 is 0 Å². The minimum atomic E-state index is -4.74. The van der Waals surface area contributed by atoms with Gasteiger partial charge in [0.2, 0.25) is 5.95 Å². The number of hydrogen-bond donors (Lipinski definition) is 1. The number of anilines is 2. The smallest absolute Gasteiger partial charge is 0.406 e. The lowest BCUT2D eigenvalue weighted by Crippen LogP contribution is -2.17. The van der Waals surface area contributed by atoms with E-state index < -0.39 is 12.2 Å². The zero-order valence-electron chi connectivity index (χ0n) is 18.6. The van der Waals surface area contributed by atoms with Crippen LogP contribution in [0.25, 0.3) is 5.69 Å². The van der Waals surface area contributed by atoms with Gasteiger partial charge >= 0.3 is 6.36 Å². The summed E-state index contributed by atoms with van der Waals surface area (Å²) in [6, 6.07) is 10.5. The summed E-state index contributed by atoms with van der Waals surface area (Å²) in [5.41, 5.74) is 1.56. The summed E-state index contributed by atoms with van der Waals surface area (Å²) < 4.78 is 59.4. The van der Waals surface area contributed by atoms with Crippen molar-refractivity contribution in [2.75, 3.05) is 5.32 Å². The lowest BCUT2D eigenvalue weighted by atomic mass is 9.93. The number of halogens is 4. The van der Waals surface area contributed by atoms with Gasteiger partial charge in [-0.05, 0) is 55.7 Å². The van der Waals surface area contributed by atoms with Crippen molar-refractivity contribution >= 4 is 11.6 Å². The first kappa shape index (κ1) is 22.8. The molecule has 0 saturated heterocycles. The van der Waals surface area contributed by atoms with Crippen LogP contribution in [0.2, 0.25) is 0 Å². The molecule has 0 aliphatic carbocycles. The number of fused-ring (bicyclic) bond motifs is 1. The van der Waals surface area contributed by atoms with Gasteiger partial charge < -0.3 is 10.1 Å². The standard InChI is InChI=1S/C23H21F4N7O/c1-14-28-13-29-34(14)20-10-7-16(12-19(20)24)30-22-31-21-18(4-2-3-11-33(21)32-22)15-5-8-17(9-6-15)35-23(25,26)27/h5-10,12-13,18H,2-4,11H2,1H3,(H,30,32). The van der Waals surface area contributed by atoms with E-state index in [2.05, 4.69) is 30.2 Å². The van der Waals surface area contributed by atoms with E-state index in [0.29, 0.717) is 29.8 Å². The Hall–Kier alpha value is -3.96. The van der Waals surface area contributed by atoms with Gasteiger partial charge in [-0.2, -0.15) is 10.1 Å². The molecule has 2 aromatic carbocycles. The van der Waals surface area contributed by atoms with E-state index in [9.17, 15) is 17.6 Å². The second-order valence-corrected chi connectivity index (χ2v) is 8.19. The van der Waals surface area contributed by atoms with Gasteiger partial charge in [-0.3, -0.25) is 0 Å². The largest absolute Gasteiger partial charge is 0.573 e. The molecule has 0 fully saturated rings. The fraction of sp³-hybridized carbons (Fsp3) is 0.304. The van der Waals surface area contributed by atoms with Gasteiger partial charge in [0.25, 0.3) is 0 Å². The van der Waals surface area contributed by atoms with Crippen LogP contribution in [0.3, 0.4) is 0 Å². The van der Waals surface area contributed by atoms with E-state index in [-0.39, 0.29) is 17.4 Å². The average Bonchev–Trinajstić information content (AvgIpc) is 3.34. The molecule has 0 saturated carbocycles. The number of alkyl halides is 3. The Morgan fingerprint density at radius 2 is 1.89 bits per heavy atom. The summed E-state index contributed by atoms with van der Waals surface area (Å²) in [5.74, 6) is 0.676. The maximum Gasteiger partial charge on any atom is 0.573 e. The summed E-state index contributed by atoms with van der Waals surface area (Å²) in [6.45, 7) is 2.39. The Morgan fingerprint density at radius 3 is 2.57 bits per heavy atom. The normalized spacial score (nSPS) is 16.0. The Labute approximate surface area is 197 Å². The van der Waals surface area contributed by atoms with Gasteiger partial charge in [0.15, 0.2) is 5.82 Å². The fourth-order valence-corrected chi connectivity index (χ4v) is 4.21. The van der Waals surface area contributed by atoms with Crippen LogP contribution in [-0.2, 0) is 6.54 Å². The quantitative estimate of drug-likeness (QED) is 0.387. The number of aryl methyl sites for hydroxylation is 2. The van der Waals surface area contributed by atoms with Crippen LogP contribution in [0, 0.1) is 12.7 Å². The molecule has 182 valence electrons. The minimum absolute atomic E-state index is 0.144. The van der Waals surface area contributed by atoms with Crippen LogP contribution >= 0.6 is 0 Å². The van der Waals surface area contributed by atoms with Gasteiger partial charge in [0.1, 0.15) is 29.4 Å². The van der Waals surface area contributed by atoms with Gasteiger partial charge in [-0.15, -0.1) is 18.3 Å². The molecule has 2 aromatic heterocycles. The van der Waals surface area contributed by atoms with E-state index in [0.717, 1.165) is 24.8 Å². The van der Waals surface area contributed by atoms with Crippen LogP contribution in [0.4, 0.5) is 29.2 Å². The molecule has 5 rings (SSSR count). The second kappa shape index (κ2) is 9.01. The van der Waals surface area contributed by atoms with Crippen molar-refractivity contribution in [2.45, 2.75) is 45.0 Å². The number of nitrogens with zero attached hydrogens (tertiary/aromatic N) is 6. The topological polar surface area (TPSA) is 82.7 Å². The van der Waals surface area contributed by atoms with Gasteiger partial charge in [-0.1, -0.05) is 18.6 Å². The molecule has 1 unspecified atom stereocenters. The number of nitrogens with one attached hydrogen (secondary N) is 1. The van der Waals surface area contributed by atoms with Crippen LogP contribution < -0.4 is 10.1 Å². The SMILES string of the molecule is Cc1ncnn1-c1ccc(Nc2nc3n(n2)CCCCC3c2ccc(OC(F)(F)F)cc2)cc1F. The summed E-state index contributed by atoms with van der Waals surface area (Å²) >= 11 is 0. The molecule has 12 heteroatoms. The van der Waals surface area contributed by atoms with Crippen molar-refractivity contribution in [3.63, 3.8) is 0 Å². The highest BCUT2D eigenvalue weighted by Crippen LogP contribution is 2.34. The predicted octanol–water partition coefficient (Wildman–Crippen LogP) is 5.26. The average molecular weight is 487 g/mol. The lowest BCUT2D eigenvalue weighted by molar-refractivity contribution is -0.274. The molecule has 1 aliphatic rings. The first-order valence-corrected chi connectivity index (χ1v) is 11.0. The van der Waals surface area contributed by atoms with Gasteiger partial charge in [0, 0.05) is 18.2 Å². The highest BCUT2D eigenvalue weighted by atomic mass is 19.4. The van der Waals surface area contributed by atoms with Crippen molar-refractivity contribution in [1.82, 2.24) is 29.5 Å². The molecule has 35 heavy (non-hydrogen) atoms. The maximum absolute atomic E-state index is 14.7. The van der Waals surface area contributed by atoms with Crippen molar-refractivity contribution in [2.24, 2.45) is 0 Å². The molecule has 0 bridgehead atoms. The molecule has 0 amide bonds. The Bertz CT molecular complexity index is 1330. The van der Waals surface area contributed by atoms with E-state index in [1.165, 1.54) is 29.2 Å². The number of hydrogen-bond acceptors (Lipinski definition) is 6. The molecule has 8 nitrogen and oxygen atoms in total. The van der Waals surface area contributed by atoms with E-state index in [1.54, 1.807) is 35.9 Å². The van der Waals surface area contributed by atoms with Crippen molar-refractivity contribution in [3.05, 3.63) is 71.8 Å². The summed E-state index contributed by atoms with van der Waals surface area (Å²) in [5, 5.41) is 11.6. The zero-order chi connectivity index (χ0) is 24.6. The summed E-state index contributed by atoms with van der Waals surface area (Å²) in [4.78, 5) is 8.65. The Morgan fingerprint density at radius 1 is 1.09 bits per heavy atom. The van der Waals surface area contributed by atoms with Gasteiger partial charge in [0.05, 0.1) is 0 Å². The Balaban J connectivity index is 1.38. The highest BCUT2D eigenvalue weighted by Gasteiger charge is 2.31. The second-order valence-electron chi connectivity index (χ2n) is 8.19. The van der Waals surface area contributed by atoms with Crippen LogP contribution in [0.5, 0.6) is 5.75 Å². The first-order valence-electron chi connectivity index (χ1n) is 11.0. The third-order valence-electron chi connectivity index (χ3n) is 5.79. The number of aromatic nitrogens is 6. The van der Waals surface area contributed by atoms with E-state index in [4.69, 9.17) is 0 Å². The molecular formula is C23H21F4N7O. The third-order valence-corrected chi connectivity index (χ3v) is 5.79. The molecule has 3 heterocycles. The minimum Gasteiger partial charge on any atom is -0.406 e. The third kappa shape index (κ3) is 4.96. The molecule has 1 atom stereocenters. The number of benzene rings is 2. The van der Waals surface area contributed by atoms with Crippen molar-refractivity contribution in [3.8, 4) is 11.4 Å². The fourth-order valence-electron chi connectivity index (χ4n) is 4.21. The van der Waals surface area contributed by atoms with Crippen LogP contribution in [-0.4, -0.2) is 35.9 Å². The van der Waals surface area contributed by atoms with Crippen molar-refractivity contribution < 1.29 is 22.3 Å². The van der Waals surface area contributed by atoms with Crippen LogP contribution in [0.15, 0.2) is 48.8 Å². The van der Waals surface area contributed by atoms with Gasteiger partial charge in [-0.25, -0.2) is 18.7 Å². The number of rotatable bonds is 5. The highest BCUT2D eigenvalue weighted by molar-refractivity contribution is 5.56. The van der Waals surface area contributed by atoms with Crippen molar-refractivity contribution in [1.29, 1.82) is 0 Å². The first-order chi connectivity index (χ1) is 16.8. The predicted molar refractivity (Wildman–Crippen MR) is 118 cm³/mol. The van der Waals surface area contributed by atoms with Crippen LogP contribution in [0.1, 0.15) is 42.4 Å². The van der Waals surface area contributed by atoms with E-state index in [1.807, 2.05) is 0 Å². The zero-order valence-corrected chi connectivity index (χ0v) is 18.6.